The first-order valence-corrected chi connectivity index (χ1v) is 6.27. The molecule has 0 saturated heterocycles. The fourth-order valence-corrected chi connectivity index (χ4v) is 2.62. The van der Waals surface area contributed by atoms with Gasteiger partial charge >= 0.3 is 23.1 Å². The SMILES string of the molecule is CC1CCCC=C1[N-]C1CCCCC1.[Br-].[Mg+2]. The van der Waals surface area contributed by atoms with Crippen LogP contribution < -0.4 is 17.0 Å². The van der Waals surface area contributed by atoms with Crippen LogP contribution in [-0.2, 0) is 0 Å². The molecule has 0 spiro atoms. The molecule has 2 aliphatic rings. The Balaban J connectivity index is 0.00000112. The Hall–Kier alpha value is 0.786. The van der Waals surface area contributed by atoms with E-state index in [9.17, 15) is 0 Å². The quantitative estimate of drug-likeness (QED) is 0.676. The molecule has 0 bridgehead atoms. The molecule has 0 aromatic rings. The Labute approximate surface area is 127 Å². The smallest absolute Gasteiger partial charge is 1.00 e. The van der Waals surface area contributed by atoms with Crippen LogP contribution >= 0.6 is 0 Å². The molecule has 1 saturated carbocycles. The standard InChI is InChI=1S/C13H22N.BrH.Mg/c1-11-7-5-6-10-13(11)14-12-8-3-2-4-9-12;;/h10-12H,2-9H2,1H3;1H;/q-1;;+2/p-1. The molecule has 0 N–H and O–H groups in total. The molecule has 0 radical (unpaired) electrons. The predicted octanol–water partition coefficient (Wildman–Crippen LogP) is 1.02. The molecule has 16 heavy (non-hydrogen) atoms. The van der Waals surface area contributed by atoms with E-state index in [2.05, 4.69) is 13.0 Å². The monoisotopic (exact) mass is 295 g/mol. The predicted molar refractivity (Wildman–Crippen MR) is 67.1 cm³/mol. The van der Waals surface area contributed by atoms with Gasteiger partial charge in [-0.05, 0) is 25.2 Å². The Morgan fingerprint density at radius 3 is 2.38 bits per heavy atom. The molecule has 1 fully saturated rings. The van der Waals surface area contributed by atoms with Crippen molar-refractivity contribution in [2.45, 2.75) is 64.3 Å². The fourth-order valence-electron chi connectivity index (χ4n) is 2.62. The molecular weight excluding hydrogens is 274 g/mol. The van der Waals surface area contributed by atoms with E-state index in [0.717, 1.165) is 5.92 Å². The van der Waals surface area contributed by atoms with Crippen LogP contribution in [0.3, 0.4) is 0 Å². The molecular formula is C13H22BrMgN. The fraction of sp³-hybridized carbons (Fsp3) is 0.846. The van der Waals surface area contributed by atoms with Crippen molar-refractivity contribution >= 4 is 23.1 Å². The zero-order valence-corrected chi connectivity index (χ0v) is 13.4. The van der Waals surface area contributed by atoms with Crippen molar-refractivity contribution in [3.63, 3.8) is 0 Å². The van der Waals surface area contributed by atoms with Crippen molar-refractivity contribution < 1.29 is 17.0 Å². The Morgan fingerprint density at radius 1 is 1.06 bits per heavy atom. The molecule has 1 atom stereocenters. The maximum absolute atomic E-state index is 4.94. The molecule has 1 nitrogen and oxygen atoms in total. The van der Waals surface area contributed by atoms with Gasteiger partial charge in [-0.15, -0.1) is 12.1 Å². The first kappa shape index (κ1) is 16.8. The zero-order valence-electron chi connectivity index (χ0n) is 10.4. The minimum Gasteiger partial charge on any atom is -1.00 e. The number of rotatable bonds is 2. The second-order valence-corrected chi connectivity index (χ2v) is 4.88. The third-order valence-electron chi connectivity index (χ3n) is 3.61. The van der Waals surface area contributed by atoms with Crippen LogP contribution in [0, 0.1) is 5.92 Å². The van der Waals surface area contributed by atoms with E-state index >= 15 is 0 Å². The average Bonchev–Trinajstić information content (AvgIpc) is 2.23. The summed E-state index contributed by atoms with van der Waals surface area (Å²) in [5.74, 6) is 0.727. The molecule has 2 rings (SSSR count). The first-order chi connectivity index (χ1) is 6.86. The van der Waals surface area contributed by atoms with E-state index < -0.39 is 0 Å². The topological polar surface area (TPSA) is 14.1 Å². The molecule has 0 heterocycles. The van der Waals surface area contributed by atoms with Crippen molar-refractivity contribution in [2.75, 3.05) is 0 Å². The summed E-state index contributed by atoms with van der Waals surface area (Å²) in [7, 11) is 0. The summed E-state index contributed by atoms with van der Waals surface area (Å²) in [6.07, 6.45) is 13.3. The van der Waals surface area contributed by atoms with Gasteiger partial charge in [0.2, 0.25) is 0 Å². The van der Waals surface area contributed by atoms with Gasteiger partial charge in [-0.3, -0.25) is 0 Å². The molecule has 88 valence electrons. The molecule has 3 heteroatoms. The van der Waals surface area contributed by atoms with Gasteiger partial charge in [-0.1, -0.05) is 39.0 Å². The van der Waals surface area contributed by atoms with Gasteiger partial charge in [-0.25, -0.2) is 0 Å². The third-order valence-corrected chi connectivity index (χ3v) is 3.61. The normalized spacial score (nSPS) is 26.1. The summed E-state index contributed by atoms with van der Waals surface area (Å²) in [4.78, 5) is 0. The van der Waals surface area contributed by atoms with E-state index in [1.54, 1.807) is 0 Å². The van der Waals surface area contributed by atoms with Crippen molar-refractivity contribution in [3.05, 3.63) is 17.1 Å². The molecule has 0 aliphatic heterocycles. The van der Waals surface area contributed by atoms with Crippen molar-refractivity contribution in [1.82, 2.24) is 0 Å². The average molecular weight is 297 g/mol. The summed E-state index contributed by atoms with van der Waals surface area (Å²) in [6, 6.07) is 0.663. The van der Waals surface area contributed by atoms with Crippen LogP contribution in [0.5, 0.6) is 0 Å². The van der Waals surface area contributed by atoms with Gasteiger partial charge in [-0.2, -0.15) is 5.70 Å². The van der Waals surface area contributed by atoms with E-state index in [1.807, 2.05) is 0 Å². The molecule has 2 aliphatic carbocycles. The summed E-state index contributed by atoms with van der Waals surface area (Å²) in [6.45, 7) is 2.33. The minimum atomic E-state index is 0. The molecule has 0 amide bonds. The second-order valence-electron chi connectivity index (χ2n) is 4.88. The van der Waals surface area contributed by atoms with Gasteiger partial charge in [0.05, 0.1) is 0 Å². The van der Waals surface area contributed by atoms with Gasteiger partial charge < -0.3 is 22.3 Å². The van der Waals surface area contributed by atoms with Gasteiger partial charge in [0.1, 0.15) is 0 Å². The number of hydrogen-bond donors (Lipinski definition) is 0. The van der Waals surface area contributed by atoms with Crippen molar-refractivity contribution in [2.24, 2.45) is 5.92 Å². The van der Waals surface area contributed by atoms with Crippen LogP contribution in [0.4, 0.5) is 0 Å². The maximum Gasteiger partial charge on any atom is 2.00 e. The zero-order chi connectivity index (χ0) is 9.80. The maximum atomic E-state index is 4.94. The number of halogens is 1. The van der Waals surface area contributed by atoms with Crippen LogP contribution in [0.1, 0.15) is 58.3 Å². The van der Waals surface area contributed by atoms with Gasteiger partial charge in [0.25, 0.3) is 0 Å². The number of nitrogens with zero attached hydrogens (tertiary/aromatic N) is 1. The molecule has 0 aromatic carbocycles. The molecule has 0 aromatic heterocycles. The third kappa shape index (κ3) is 4.97. The second kappa shape index (κ2) is 8.82. The van der Waals surface area contributed by atoms with Gasteiger partial charge in [0.15, 0.2) is 0 Å². The van der Waals surface area contributed by atoms with Crippen LogP contribution in [0.15, 0.2) is 11.8 Å². The van der Waals surface area contributed by atoms with E-state index in [0.29, 0.717) is 6.04 Å². The Kier molecular flexibility index (Phi) is 9.25. The van der Waals surface area contributed by atoms with Crippen LogP contribution in [-0.4, -0.2) is 29.1 Å². The summed E-state index contributed by atoms with van der Waals surface area (Å²) in [5, 5.41) is 4.94. The molecule has 1 unspecified atom stereocenters. The number of hydrogen-bond acceptors (Lipinski definition) is 0. The Bertz CT molecular complexity index is 212. The van der Waals surface area contributed by atoms with Crippen LogP contribution in [0.25, 0.3) is 5.32 Å². The van der Waals surface area contributed by atoms with Crippen molar-refractivity contribution in [1.29, 1.82) is 0 Å². The van der Waals surface area contributed by atoms with E-state index in [-0.39, 0.29) is 40.0 Å². The first-order valence-electron chi connectivity index (χ1n) is 6.27. The van der Waals surface area contributed by atoms with Crippen LogP contribution in [0.2, 0.25) is 0 Å². The summed E-state index contributed by atoms with van der Waals surface area (Å²) in [5.41, 5.74) is 1.42. The minimum absolute atomic E-state index is 0. The van der Waals surface area contributed by atoms with E-state index in [4.69, 9.17) is 5.32 Å². The van der Waals surface area contributed by atoms with Crippen molar-refractivity contribution in [3.8, 4) is 0 Å². The largest absolute Gasteiger partial charge is 2.00 e. The van der Waals surface area contributed by atoms with Gasteiger partial charge in [0, 0.05) is 0 Å². The summed E-state index contributed by atoms with van der Waals surface area (Å²) >= 11 is 0. The van der Waals surface area contributed by atoms with E-state index in [1.165, 1.54) is 57.1 Å². The number of allylic oxidation sites excluding steroid dienone is 2. The Morgan fingerprint density at radius 2 is 1.75 bits per heavy atom. The summed E-state index contributed by atoms with van der Waals surface area (Å²) < 4.78 is 0.